The molecule has 0 saturated carbocycles. The zero-order valence-corrected chi connectivity index (χ0v) is 15.8. The van der Waals surface area contributed by atoms with Crippen molar-refractivity contribution in [3.05, 3.63) is 57.6 Å². The lowest BCUT2D eigenvalue weighted by Gasteiger charge is -2.19. The Bertz CT molecular complexity index is 786. The molecular weight excluding hydrogens is 412 g/mol. The number of amides is 1. The fourth-order valence-electron chi connectivity index (χ4n) is 2.34. The van der Waals surface area contributed by atoms with Crippen LogP contribution < -0.4 is 9.80 Å². The van der Waals surface area contributed by atoms with E-state index in [0.29, 0.717) is 21.5 Å². The van der Waals surface area contributed by atoms with E-state index in [4.69, 9.17) is 4.74 Å². The summed E-state index contributed by atoms with van der Waals surface area (Å²) in [7, 11) is 1.13. The molecule has 0 fully saturated rings. The van der Waals surface area contributed by atoms with Crippen LogP contribution in [0.25, 0.3) is 0 Å². The maximum absolute atomic E-state index is 13.3. The highest BCUT2D eigenvalue weighted by atomic mass is 79.9. The fourth-order valence-corrected chi connectivity index (χ4v) is 2.81. The molecule has 0 bridgehead atoms. The predicted molar refractivity (Wildman–Crippen MR) is 95.9 cm³/mol. The SMILES string of the molecule is CCc1ccc(OCc2c(Br)cccc2N(O)C(=O)OC)c(C(F)F)c1. The minimum absolute atomic E-state index is 0.0430. The van der Waals surface area contributed by atoms with Crippen LogP contribution in [0.2, 0.25) is 0 Å². The summed E-state index contributed by atoms with van der Waals surface area (Å²) in [4.78, 5) is 11.6. The molecule has 0 radical (unpaired) electrons. The molecule has 1 amide bonds. The number of halogens is 3. The van der Waals surface area contributed by atoms with Crippen LogP contribution in [0.1, 0.15) is 30.0 Å². The Morgan fingerprint density at radius 3 is 2.65 bits per heavy atom. The third-order valence-electron chi connectivity index (χ3n) is 3.76. The summed E-state index contributed by atoms with van der Waals surface area (Å²) in [5, 5.41) is 10.3. The molecule has 2 rings (SSSR count). The van der Waals surface area contributed by atoms with Crippen molar-refractivity contribution in [1.82, 2.24) is 0 Å². The zero-order chi connectivity index (χ0) is 19.3. The van der Waals surface area contributed by atoms with E-state index >= 15 is 0 Å². The largest absolute Gasteiger partial charge is 0.488 e. The Kier molecular flexibility index (Phi) is 6.93. The van der Waals surface area contributed by atoms with E-state index in [1.807, 2.05) is 6.92 Å². The molecule has 0 aromatic heterocycles. The van der Waals surface area contributed by atoms with Gasteiger partial charge in [-0.3, -0.25) is 5.21 Å². The smallest absolute Gasteiger partial charge is 0.438 e. The van der Waals surface area contributed by atoms with E-state index in [0.717, 1.165) is 12.7 Å². The maximum atomic E-state index is 13.3. The molecule has 0 spiro atoms. The number of anilines is 1. The molecule has 0 aliphatic carbocycles. The van der Waals surface area contributed by atoms with E-state index < -0.39 is 12.5 Å². The quantitative estimate of drug-likeness (QED) is 0.487. The second-order valence-corrected chi connectivity index (χ2v) is 6.19. The predicted octanol–water partition coefficient (Wildman–Crippen LogP) is 5.49. The molecule has 1 N–H and O–H groups in total. The summed E-state index contributed by atoms with van der Waals surface area (Å²) in [6.45, 7) is 1.73. The molecule has 0 aliphatic heterocycles. The first kappa shape index (κ1) is 20.1. The first-order chi connectivity index (χ1) is 12.4. The first-order valence-electron chi connectivity index (χ1n) is 7.77. The lowest BCUT2D eigenvalue weighted by Crippen LogP contribution is -2.28. The molecular formula is C18H18BrF2NO4. The standard InChI is InChI=1S/C18H18BrF2NO4/c1-3-11-7-8-16(12(9-11)17(20)21)26-10-13-14(19)5-4-6-15(13)22(24)18(23)25-2/h4-9,17,24H,3,10H2,1-2H3. The molecule has 5 nitrogen and oxygen atoms in total. The second-order valence-electron chi connectivity index (χ2n) is 5.33. The molecule has 140 valence electrons. The van der Waals surface area contributed by atoms with Gasteiger partial charge in [-0.15, -0.1) is 0 Å². The highest BCUT2D eigenvalue weighted by Gasteiger charge is 2.20. The summed E-state index contributed by atoms with van der Waals surface area (Å²) >= 11 is 3.31. The van der Waals surface area contributed by atoms with Gasteiger partial charge < -0.3 is 9.47 Å². The Morgan fingerprint density at radius 2 is 2.04 bits per heavy atom. The first-order valence-corrected chi connectivity index (χ1v) is 8.56. The average Bonchev–Trinajstić information content (AvgIpc) is 2.65. The number of aryl methyl sites for hydroxylation is 1. The van der Waals surface area contributed by atoms with Crippen LogP contribution in [0.5, 0.6) is 5.75 Å². The van der Waals surface area contributed by atoms with Crippen LogP contribution in [0.15, 0.2) is 40.9 Å². The van der Waals surface area contributed by atoms with Crippen molar-refractivity contribution < 1.29 is 28.3 Å². The minimum Gasteiger partial charge on any atom is -0.488 e. The van der Waals surface area contributed by atoms with Crippen molar-refractivity contribution in [1.29, 1.82) is 0 Å². The number of alkyl halides is 2. The average molecular weight is 430 g/mol. The fraction of sp³-hybridized carbons (Fsp3) is 0.278. The summed E-state index contributed by atoms with van der Waals surface area (Å²) in [5.41, 5.74) is 1.10. The van der Waals surface area contributed by atoms with Gasteiger partial charge in [0.05, 0.1) is 18.4 Å². The van der Waals surface area contributed by atoms with Gasteiger partial charge in [-0.05, 0) is 36.2 Å². The number of carbonyl (C=O) groups is 1. The Balaban J connectivity index is 2.32. The molecule has 0 saturated heterocycles. The highest BCUT2D eigenvalue weighted by molar-refractivity contribution is 9.10. The van der Waals surface area contributed by atoms with Crippen molar-refractivity contribution in [2.24, 2.45) is 0 Å². The van der Waals surface area contributed by atoms with Crippen LogP contribution in [0.4, 0.5) is 19.3 Å². The number of methoxy groups -OCH3 is 1. The van der Waals surface area contributed by atoms with Gasteiger partial charge in [0.15, 0.2) is 0 Å². The number of hydrogen-bond donors (Lipinski definition) is 1. The van der Waals surface area contributed by atoms with Crippen molar-refractivity contribution >= 4 is 27.7 Å². The van der Waals surface area contributed by atoms with E-state index in [9.17, 15) is 18.8 Å². The van der Waals surface area contributed by atoms with Gasteiger partial charge in [0, 0.05) is 10.0 Å². The Hall–Kier alpha value is -2.19. The second kappa shape index (κ2) is 8.95. The molecule has 26 heavy (non-hydrogen) atoms. The molecule has 8 heteroatoms. The summed E-state index contributed by atoms with van der Waals surface area (Å²) in [6, 6.07) is 9.39. The van der Waals surface area contributed by atoms with Gasteiger partial charge in [-0.25, -0.2) is 13.6 Å². The van der Waals surface area contributed by atoms with Crippen LogP contribution in [0, 0.1) is 0 Å². The van der Waals surface area contributed by atoms with Crippen LogP contribution in [0.3, 0.4) is 0 Å². The Morgan fingerprint density at radius 1 is 1.31 bits per heavy atom. The number of hydrogen-bond acceptors (Lipinski definition) is 4. The van der Waals surface area contributed by atoms with Crippen molar-refractivity contribution in [3.8, 4) is 5.75 Å². The molecule has 0 aliphatic rings. The number of benzene rings is 2. The van der Waals surface area contributed by atoms with Gasteiger partial charge >= 0.3 is 6.09 Å². The van der Waals surface area contributed by atoms with E-state index in [1.165, 1.54) is 18.2 Å². The van der Waals surface area contributed by atoms with Crippen LogP contribution >= 0.6 is 15.9 Å². The monoisotopic (exact) mass is 429 g/mol. The molecule has 2 aromatic rings. The van der Waals surface area contributed by atoms with Crippen LogP contribution in [-0.4, -0.2) is 18.4 Å². The maximum Gasteiger partial charge on any atom is 0.438 e. The molecule has 0 heterocycles. The third kappa shape index (κ3) is 4.50. The van der Waals surface area contributed by atoms with Gasteiger partial charge in [-0.2, -0.15) is 5.06 Å². The highest BCUT2D eigenvalue weighted by Crippen LogP contribution is 2.33. The number of hydroxylamine groups is 1. The van der Waals surface area contributed by atoms with Gasteiger partial charge in [0.25, 0.3) is 6.43 Å². The topological polar surface area (TPSA) is 59.0 Å². The van der Waals surface area contributed by atoms with Gasteiger partial charge in [0.2, 0.25) is 0 Å². The number of rotatable bonds is 6. The summed E-state index contributed by atoms with van der Waals surface area (Å²) < 4.78 is 37.2. The molecule has 0 unspecified atom stereocenters. The zero-order valence-electron chi connectivity index (χ0n) is 14.2. The van der Waals surface area contributed by atoms with E-state index in [2.05, 4.69) is 20.7 Å². The van der Waals surface area contributed by atoms with Gasteiger partial charge in [0.1, 0.15) is 12.4 Å². The summed E-state index contributed by atoms with van der Waals surface area (Å²) in [6.07, 6.45) is -3.03. The van der Waals surface area contributed by atoms with Crippen molar-refractivity contribution in [3.63, 3.8) is 0 Å². The lowest BCUT2D eigenvalue weighted by molar-refractivity contribution is 0.140. The van der Waals surface area contributed by atoms with Crippen molar-refractivity contribution in [2.75, 3.05) is 12.2 Å². The van der Waals surface area contributed by atoms with Gasteiger partial charge in [-0.1, -0.05) is 35.0 Å². The normalized spacial score (nSPS) is 10.7. The van der Waals surface area contributed by atoms with Crippen molar-refractivity contribution in [2.45, 2.75) is 26.4 Å². The Labute approximate surface area is 158 Å². The number of ether oxygens (including phenoxy) is 2. The summed E-state index contributed by atoms with van der Waals surface area (Å²) in [5.74, 6) is 0.0430. The number of carbonyl (C=O) groups excluding carboxylic acids is 1. The van der Waals surface area contributed by atoms with E-state index in [-0.39, 0.29) is 23.6 Å². The van der Waals surface area contributed by atoms with Crippen LogP contribution in [-0.2, 0) is 17.8 Å². The third-order valence-corrected chi connectivity index (χ3v) is 4.50. The molecule has 2 aromatic carbocycles. The number of nitrogens with zero attached hydrogens (tertiary/aromatic N) is 1. The molecule has 0 atom stereocenters. The van der Waals surface area contributed by atoms with E-state index in [1.54, 1.807) is 18.2 Å². The minimum atomic E-state index is -2.68. The lowest BCUT2D eigenvalue weighted by atomic mass is 10.1.